The van der Waals surface area contributed by atoms with Gasteiger partial charge in [-0.3, -0.25) is 4.79 Å². The number of sulfonamides is 1. The Morgan fingerprint density at radius 3 is 2.40 bits per heavy atom. The number of nitrogen functional groups attached to an aromatic ring is 1. The first-order chi connectivity index (χ1) is 9.19. The highest BCUT2D eigenvalue weighted by Crippen LogP contribution is 2.22. The summed E-state index contributed by atoms with van der Waals surface area (Å²) in [4.78, 5) is 13.1. The monoisotopic (exact) mass is 299 g/mol. The number of aryl methyl sites for hydroxylation is 2. The molecule has 20 heavy (non-hydrogen) atoms. The van der Waals surface area contributed by atoms with E-state index in [-0.39, 0.29) is 23.0 Å². The maximum absolute atomic E-state index is 12.2. The van der Waals surface area contributed by atoms with Gasteiger partial charge in [0.15, 0.2) is 0 Å². The molecule has 0 aliphatic rings. The molecule has 0 unspecified atom stereocenters. The Morgan fingerprint density at radius 2 is 1.85 bits per heavy atom. The van der Waals surface area contributed by atoms with Crippen LogP contribution >= 0.6 is 0 Å². The molecule has 1 amide bonds. The molecule has 0 atom stereocenters. The van der Waals surface area contributed by atoms with Crippen LogP contribution in [0.5, 0.6) is 0 Å². The molecule has 0 saturated heterocycles. The van der Waals surface area contributed by atoms with Crippen molar-refractivity contribution in [2.24, 2.45) is 0 Å². The highest BCUT2D eigenvalue weighted by Gasteiger charge is 2.20. The minimum Gasteiger partial charge on any atom is -0.398 e. The lowest BCUT2D eigenvalue weighted by molar-refractivity contribution is -0.128. The quantitative estimate of drug-likeness (QED) is 0.780. The van der Waals surface area contributed by atoms with Gasteiger partial charge >= 0.3 is 0 Å². The molecule has 6 nitrogen and oxygen atoms in total. The number of nitrogens with two attached hydrogens (primary N) is 1. The van der Waals surface area contributed by atoms with Crippen LogP contribution in [0.25, 0.3) is 0 Å². The van der Waals surface area contributed by atoms with Crippen LogP contribution in [0, 0.1) is 13.8 Å². The number of carbonyl (C=O) groups is 1. The third kappa shape index (κ3) is 3.71. The van der Waals surface area contributed by atoms with Crippen LogP contribution in [0.15, 0.2) is 17.0 Å². The fourth-order valence-corrected chi connectivity index (χ4v) is 2.76. The molecular weight excluding hydrogens is 278 g/mol. The molecule has 0 heterocycles. The van der Waals surface area contributed by atoms with Crippen molar-refractivity contribution >= 4 is 21.6 Å². The van der Waals surface area contributed by atoms with Crippen molar-refractivity contribution in [3.05, 3.63) is 23.3 Å². The van der Waals surface area contributed by atoms with Crippen LogP contribution in [-0.2, 0) is 14.8 Å². The first-order valence-corrected chi connectivity index (χ1v) is 7.77. The van der Waals surface area contributed by atoms with Crippen LogP contribution in [-0.4, -0.2) is 39.4 Å². The van der Waals surface area contributed by atoms with Crippen LogP contribution in [0.2, 0.25) is 0 Å². The summed E-state index contributed by atoms with van der Waals surface area (Å²) >= 11 is 0. The molecule has 112 valence electrons. The van der Waals surface area contributed by atoms with Crippen LogP contribution in [0.4, 0.5) is 5.69 Å². The molecule has 0 spiro atoms. The molecule has 0 fully saturated rings. The van der Waals surface area contributed by atoms with E-state index in [1.54, 1.807) is 13.1 Å². The summed E-state index contributed by atoms with van der Waals surface area (Å²) in [6.07, 6.45) is 0. The SMILES string of the molecule is CCN(C)C(=O)CNS(=O)(=O)c1cc(C)c(C)cc1N. The summed E-state index contributed by atoms with van der Waals surface area (Å²) in [5.74, 6) is -0.293. The van der Waals surface area contributed by atoms with Crippen molar-refractivity contribution < 1.29 is 13.2 Å². The van der Waals surface area contributed by atoms with Gasteiger partial charge in [0.25, 0.3) is 0 Å². The number of likely N-dealkylation sites (N-methyl/N-ethyl adjacent to an activating group) is 1. The molecule has 0 radical (unpaired) electrons. The van der Waals surface area contributed by atoms with E-state index in [0.717, 1.165) is 11.1 Å². The topological polar surface area (TPSA) is 92.5 Å². The maximum atomic E-state index is 12.2. The number of nitrogens with one attached hydrogen (secondary N) is 1. The maximum Gasteiger partial charge on any atom is 0.243 e. The number of nitrogens with zero attached hydrogens (tertiary/aromatic N) is 1. The van der Waals surface area contributed by atoms with E-state index in [4.69, 9.17) is 5.73 Å². The zero-order valence-corrected chi connectivity index (χ0v) is 13.0. The summed E-state index contributed by atoms with van der Waals surface area (Å²) < 4.78 is 26.6. The second kappa shape index (κ2) is 6.23. The lowest BCUT2D eigenvalue weighted by Crippen LogP contribution is -2.38. The van der Waals surface area contributed by atoms with E-state index < -0.39 is 10.0 Å². The minimum atomic E-state index is -3.79. The first-order valence-electron chi connectivity index (χ1n) is 6.29. The average Bonchev–Trinajstić information content (AvgIpc) is 2.39. The summed E-state index contributed by atoms with van der Waals surface area (Å²) in [6.45, 7) is 5.72. The molecule has 7 heteroatoms. The summed E-state index contributed by atoms with van der Waals surface area (Å²) in [5.41, 5.74) is 7.68. The fourth-order valence-electron chi connectivity index (χ4n) is 1.59. The lowest BCUT2D eigenvalue weighted by atomic mass is 10.1. The third-order valence-electron chi connectivity index (χ3n) is 3.23. The van der Waals surface area contributed by atoms with Gasteiger partial charge < -0.3 is 10.6 Å². The molecule has 1 aromatic rings. The molecule has 0 saturated carbocycles. The predicted molar refractivity (Wildman–Crippen MR) is 78.8 cm³/mol. The number of hydrogen-bond donors (Lipinski definition) is 2. The van der Waals surface area contributed by atoms with Gasteiger partial charge in [-0.2, -0.15) is 0 Å². The number of amides is 1. The van der Waals surface area contributed by atoms with E-state index >= 15 is 0 Å². The number of hydrogen-bond acceptors (Lipinski definition) is 4. The van der Waals surface area contributed by atoms with Gasteiger partial charge in [0.1, 0.15) is 4.90 Å². The third-order valence-corrected chi connectivity index (χ3v) is 4.69. The zero-order valence-electron chi connectivity index (χ0n) is 12.2. The molecule has 0 aromatic heterocycles. The Balaban J connectivity index is 2.95. The Kier molecular flexibility index (Phi) is 5.13. The highest BCUT2D eigenvalue weighted by atomic mass is 32.2. The average molecular weight is 299 g/mol. The Hall–Kier alpha value is -1.60. The van der Waals surface area contributed by atoms with E-state index in [1.807, 2.05) is 20.8 Å². The van der Waals surface area contributed by atoms with Crippen molar-refractivity contribution in [1.82, 2.24) is 9.62 Å². The van der Waals surface area contributed by atoms with Crippen molar-refractivity contribution in [3.63, 3.8) is 0 Å². The van der Waals surface area contributed by atoms with E-state index in [0.29, 0.717) is 6.54 Å². The van der Waals surface area contributed by atoms with Crippen molar-refractivity contribution in [2.45, 2.75) is 25.7 Å². The van der Waals surface area contributed by atoms with Gasteiger partial charge in [-0.1, -0.05) is 0 Å². The van der Waals surface area contributed by atoms with Crippen LogP contribution < -0.4 is 10.5 Å². The van der Waals surface area contributed by atoms with Gasteiger partial charge in [-0.25, -0.2) is 13.1 Å². The normalized spacial score (nSPS) is 11.4. The molecule has 3 N–H and O–H groups in total. The standard InChI is InChI=1S/C13H21N3O3S/c1-5-16(4)13(17)8-15-20(18,19)12-7-10(3)9(2)6-11(12)14/h6-7,15H,5,8,14H2,1-4H3. The molecule has 0 aliphatic carbocycles. The number of rotatable bonds is 5. The van der Waals surface area contributed by atoms with Crippen molar-refractivity contribution in [1.29, 1.82) is 0 Å². The minimum absolute atomic E-state index is 0.00699. The molecule has 0 bridgehead atoms. The van der Waals surface area contributed by atoms with Gasteiger partial charge in [0, 0.05) is 13.6 Å². The number of carbonyl (C=O) groups excluding carboxylic acids is 1. The molecule has 1 aromatic carbocycles. The van der Waals surface area contributed by atoms with E-state index in [9.17, 15) is 13.2 Å². The highest BCUT2D eigenvalue weighted by molar-refractivity contribution is 7.89. The molecule has 0 aliphatic heterocycles. The largest absolute Gasteiger partial charge is 0.398 e. The summed E-state index contributed by atoms with van der Waals surface area (Å²) in [5, 5.41) is 0. The van der Waals surface area contributed by atoms with Crippen molar-refractivity contribution in [3.8, 4) is 0 Å². The fraction of sp³-hybridized carbons (Fsp3) is 0.462. The Labute approximate surface area is 120 Å². The van der Waals surface area contributed by atoms with Gasteiger partial charge in [0.05, 0.1) is 12.2 Å². The van der Waals surface area contributed by atoms with Crippen molar-refractivity contribution in [2.75, 3.05) is 25.9 Å². The Bertz CT molecular complexity index is 612. The molecule has 1 rings (SSSR count). The second-order valence-corrected chi connectivity index (χ2v) is 6.44. The number of anilines is 1. The van der Waals surface area contributed by atoms with Crippen LogP contribution in [0.3, 0.4) is 0 Å². The second-order valence-electron chi connectivity index (χ2n) is 4.71. The van der Waals surface area contributed by atoms with Gasteiger partial charge in [-0.15, -0.1) is 0 Å². The summed E-state index contributed by atoms with van der Waals surface area (Å²) in [7, 11) is -2.18. The zero-order chi connectivity index (χ0) is 15.5. The smallest absolute Gasteiger partial charge is 0.243 e. The number of benzene rings is 1. The Morgan fingerprint density at radius 1 is 1.30 bits per heavy atom. The first kappa shape index (κ1) is 16.5. The summed E-state index contributed by atoms with van der Waals surface area (Å²) in [6, 6.07) is 3.13. The van der Waals surface area contributed by atoms with Gasteiger partial charge in [0.2, 0.25) is 15.9 Å². The van der Waals surface area contributed by atoms with E-state index in [2.05, 4.69) is 4.72 Å². The molecular formula is C13H21N3O3S. The van der Waals surface area contributed by atoms with E-state index in [1.165, 1.54) is 11.0 Å². The van der Waals surface area contributed by atoms with Crippen LogP contribution in [0.1, 0.15) is 18.1 Å². The predicted octanol–water partition coefficient (Wildman–Crippen LogP) is 0.642. The van der Waals surface area contributed by atoms with Gasteiger partial charge in [-0.05, 0) is 44.0 Å². The lowest BCUT2D eigenvalue weighted by Gasteiger charge is -2.15.